The zero-order valence-electron chi connectivity index (χ0n) is 9.03. The second-order valence-electron chi connectivity index (χ2n) is 3.02. The predicted octanol–water partition coefficient (Wildman–Crippen LogP) is 2.58. The zero-order chi connectivity index (χ0) is 11.5. The van der Waals surface area contributed by atoms with E-state index in [0.29, 0.717) is 0 Å². The van der Waals surface area contributed by atoms with E-state index in [2.05, 4.69) is 20.3 Å². The van der Waals surface area contributed by atoms with Crippen molar-refractivity contribution in [1.29, 1.82) is 0 Å². The smallest absolute Gasteiger partial charge is 0.231 e. The van der Waals surface area contributed by atoms with Crippen molar-refractivity contribution in [2.45, 2.75) is 6.92 Å². The molecule has 0 aliphatic carbocycles. The van der Waals surface area contributed by atoms with Crippen molar-refractivity contribution in [3.63, 3.8) is 0 Å². The number of anilines is 2. The molecule has 4 nitrogen and oxygen atoms in total. The minimum Gasteiger partial charge on any atom is -0.324 e. The molecule has 2 rings (SSSR count). The van der Waals surface area contributed by atoms with Gasteiger partial charge in [0.2, 0.25) is 11.2 Å². The first-order valence-corrected chi connectivity index (χ1v) is 4.73. The Hall–Kier alpha value is -1.68. The maximum atomic E-state index is 7.30. The average Bonchev–Trinajstić information content (AvgIpc) is 2.15. The molecule has 0 saturated heterocycles. The van der Waals surface area contributed by atoms with Crippen LogP contribution in [0.2, 0.25) is 5.28 Å². The van der Waals surface area contributed by atoms with Gasteiger partial charge in [0.25, 0.3) is 0 Å². The van der Waals surface area contributed by atoms with E-state index < -0.39 is 0 Å². The molecule has 1 N–H and O–H groups in total. The molecule has 2 aromatic rings. The Morgan fingerprint density at radius 1 is 1.40 bits per heavy atom. The summed E-state index contributed by atoms with van der Waals surface area (Å²) in [6.07, 6.45) is -0.157. The van der Waals surface area contributed by atoms with Gasteiger partial charge in [-0.25, -0.2) is 9.97 Å². The fourth-order valence-electron chi connectivity index (χ4n) is 1.16. The number of nitrogens with zero attached hydrogens (tertiary/aromatic N) is 3. The lowest BCUT2D eigenvalue weighted by atomic mass is 10.2. The maximum Gasteiger partial charge on any atom is 0.231 e. The van der Waals surface area contributed by atoms with Gasteiger partial charge in [0.1, 0.15) is 7.67 Å². The number of aromatic nitrogens is 3. The SMILES string of the molecule is [3H]c1nc(Cl)nc(Nc2cccc(C)c2)n1. The van der Waals surface area contributed by atoms with Gasteiger partial charge in [0.15, 0.2) is 0 Å². The third kappa shape index (κ3) is 2.63. The van der Waals surface area contributed by atoms with Gasteiger partial charge in [-0.2, -0.15) is 4.98 Å². The van der Waals surface area contributed by atoms with E-state index >= 15 is 0 Å². The van der Waals surface area contributed by atoms with Gasteiger partial charge < -0.3 is 5.32 Å². The highest BCUT2D eigenvalue weighted by molar-refractivity contribution is 6.28. The lowest BCUT2D eigenvalue weighted by Gasteiger charge is -2.04. The van der Waals surface area contributed by atoms with Gasteiger partial charge in [-0.1, -0.05) is 12.1 Å². The Balaban J connectivity index is 2.27. The van der Waals surface area contributed by atoms with E-state index in [4.69, 9.17) is 13.0 Å². The molecule has 0 radical (unpaired) electrons. The highest BCUT2D eigenvalue weighted by atomic mass is 35.5. The molecular formula is C10H9ClN4. The second-order valence-corrected chi connectivity index (χ2v) is 3.36. The highest BCUT2D eigenvalue weighted by Gasteiger charge is 1.98. The number of hydrogen-bond acceptors (Lipinski definition) is 4. The monoisotopic (exact) mass is 222 g/mol. The number of aryl methyl sites for hydroxylation is 1. The van der Waals surface area contributed by atoms with Crippen LogP contribution in [0.3, 0.4) is 0 Å². The first kappa shape index (κ1) is 8.61. The lowest BCUT2D eigenvalue weighted by molar-refractivity contribution is 1.05. The summed E-state index contributed by atoms with van der Waals surface area (Å²) in [6, 6.07) is 7.74. The summed E-state index contributed by atoms with van der Waals surface area (Å²) in [5.74, 6) is 0.274. The summed E-state index contributed by atoms with van der Waals surface area (Å²) in [4.78, 5) is 11.2. The van der Waals surface area contributed by atoms with Crippen LogP contribution >= 0.6 is 11.6 Å². The van der Waals surface area contributed by atoms with E-state index in [1.807, 2.05) is 31.2 Å². The molecule has 76 valence electrons. The molecule has 1 aromatic carbocycles. The quantitative estimate of drug-likeness (QED) is 0.849. The Labute approximate surface area is 93.8 Å². The van der Waals surface area contributed by atoms with Gasteiger partial charge in [0.05, 0.1) is 0 Å². The van der Waals surface area contributed by atoms with Gasteiger partial charge in [0, 0.05) is 5.69 Å². The van der Waals surface area contributed by atoms with Crippen LogP contribution in [0.25, 0.3) is 0 Å². The molecule has 0 saturated carbocycles. The number of benzene rings is 1. The third-order valence-corrected chi connectivity index (χ3v) is 1.94. The van der Waals surface area contributed by atoms with Crippen LogP contribution in [-0.2, 0) is 0 Å². The van der Waals surface area contributed by atoms with Crippen molar-refractivity contribution in [2.24, 2.45) is 0 Å². The van der Waals surface area contributed by atoms with Crippen LogP contribution in [0.5, 0.6) is 0 Å². The van der Waals surface area contributed by atoms with Crippen LogP contribution < -0.4 is 5.32 Å². The van der Waals surface area contributed by atoms with Crippen molar-refractivity contribution in [1.82, 2.24) is 15.0 Å². The summed E-state index contributed by atoms with van der Waals surface area (Å²) >= 11 is 5.63. The minimum atomic E-state index is -0.157. The molecule has 0 fully saturated rings. The Morgan fingerprint density at radius 3 is 3.00 bits per heavy atom. The van der Waals surface area contributed by atoms with Crippen LogP contribution in [0.4, 0.5) is 11.6 Å². The van der Waals surface area contributed by atoms with Crippen molar-refractivity contribution in [2.75, 3.05) is 5.32 Å². The summed E-state index contributed by atoms with van der Waals surface area (Å²) in [5, 5.41) is 2.97. The molecule has 0 spiro atoms. The number of hydrogen-bond donors (Lipinski definition) is 1. The molecular weight excluding hydrogens is 212 g/mol. The Bertz CT molecular complexity index is 498. The molecule has 0 aliphatic heterocycles. The van der Waals surface area contributed by atoms with Crippen molar-refractivity contribution < 1.29 is 1.37 Å². The second kappa shape index (κ2) is 4.23. The molecule has 1 aromatic heterocycles. The normalized spacial score (nSPS) is 10.9. The fraction of sp³-hybridized carbons (Fsp3) is 0.100. The van der Waals surface area contributed by atoms with Crippen LogP contribution in [-0.4, -0.2) is 15.0 Å². The molecule has 0 atom stereocenters. The van der Waals surface area contributed by atoms with E-state index in [0.717, 1.165) is 11.3 Å². The summed E-state index contributed by atoms with van der Waals surface area (Å²) in [7, 11) is 0. The highest BCUT2D eigenvalue weighted by Crippen LogP contribution is 2.14. The molecule has 0 aliphatic rings. The topological polar surface area (TPSA) is 50.7 Å². The first-order chi connectivity index (χ1) is 7.63. The van der Waals surface area contributed by atoms with Crippen LogP contribution in [0, 0.1) is 6.92 Å². The van der Waals surface area contributed by atoms with E-state index in [1.54, 1.807) is 0 Å². The van der Waals surface area contributed by atoms with Gasteiger partial charge in [-0.05, 0) is 36.2 Å². The van der Waals surface area contributed by atoms with Crippen molar-refractivity contribution >= 4 is 23.2 Å². The third-order valence-electron chi connectivity index (χ3n) is 1.77. The summed E-state index contributed by atoms with van der Waals surface area (Å²) in [5.41, 5.74) is 1.97. The van der Waals surface area contributed by atoms with Crippen molar-refractivity contribution in [3.8, 4) is 0 Å². The number of rotatable bonds is 2. The Morgan fingerprint density at radius 2 is 2.27 bits per heavy atom. The molecule has 0 unspecified atom stereocenters. The maximum absolute atomic E-state index is 7.30. The van der Waals surface area contributed by atoms with E-state index in [9.17, 15) is 0 Å². The summed E-state index contributed by atoms with van der Waals surface area (Å²) in [6.45, 7) is 1.99. The van der Waals surface area contributed by atoms with E-state index in [-0.39, 0.29) is 17.5 Å². The fourth-order valence-corrected chi connectivity index (χ4v) is 1.28. The lowest BCUT2D eigenvalue weighted by Crippen LogP contribution is -1.97. The molecule has 0 bridgehead atoms. The largest absolute Gasteiger partial charge is 0.324 e. The average molecular weight is 223 g/mol. The van der Waals surface area contributed by atoms with Crippen LogP contribution in [0.15, 0.2) is 30.6 Å². The zero-order valence-corrected chi connectivity index (χ0v) is 8.78. The van der Waals surface area contributed by atoms with Gasteiger partial charge in [-0.15, -0.1) is 0 Å². The molecule has 1 heterocycles. The molecule has 0 amide bonds. The number of nitrogens with one attached hydrogen (secondary N) is 1. The predicted molar refractivity (Wildman–Crippen MR) is 59.3 cm³/mol. The van der Waals surface area contributed by atoms with E-state index in [1.165, 1.54) is 0 Å². The Kier molecular flexibility index (Phi) is 2.43. The first-order valence-electron chi connectivity index (χ1n) is 4.85. The molecule has 15 heavy (non-hydrogen) atoms. The summed E-state index contributed by atoms with van der Waals surface area (Å²) < 4.78 is 7.30. The minimum absolute atomic E-state index is 0.00940. The van der Waals surface area contributed by atoms with Crippen LogP contribution in [0.1, 0.15) is 6.93 Å². The standard InChI is InChI=1S/C10H9ClN4/c1-7-3-2-4-8(5-7)14-10-13-6-12-9(11)15-10/h2-6H,1H3,(H,12,13,14,15)/i6T. The molecule has 5 heteroatoms. The van der Waals surface area contributed by atoms with Gasteiger partial charge in [-0.3, -0.25) is 0 Å². The van der Waals surface area contributed by atoms with Crippen molar-refractivity contribution in [3.05, 3.63) is 41.4 Å². The number of halogens is 1. The van der Waals surface area contributed by atoms with Gasteiger partial charge >= 0.3 is 0 Å².